The van der Waals surface area contributed by atoms with Crippen molar-refractivity contribution in [2.24, 2.45) is 5.92 Å². The molecule has 0 aliphatic carbocycles. The number of aromatic amines is 1. The van der Waals surface area contributed by atoms with Crippen LogP contribution in [0.3, 0.4) is 0 Å². The van der Waals surface area contributed by atoms with E-state index in [2.05, 4.69) is 29.4 Å². The van der Waals surface area contributed by atoms with Crippen LogP contribution in [0.25, 0.3) is 11.3 Å². The quantitative estimate of drug-likeness (QED) is 0.812. The monoisotopic (exact) mass is 331 g/mol. The van der Waals surface area contributed by atoms with E-state index in [-0.39, 0.29) is 5.91 Å². The van der Waals surface area contributed by atoms with Gasteiger partial charge >= 0.3 is 0 Å². The number of methoxy groups -OCH3 is 2. The van der Waals surface area contributed by atoms with Crippen LogP contribution in [-0.4, -0.2) is 30.3 Å². The summed E-state index contributed by atoms with van der Waals surface area (Å²) in [5.41, 5.74) is 3.22. The molecule has 0 saturated heterocycles. The summed E-state index contributed by atoms with van der Waals surface area (Å²) in [6.45, 7) is 6.08. The predicted molar refractivity (Wildman–Crippen MR) is 94.6 cm³/mol. The zero-order valence-electron chi connectivity index (χ0n) is 14.9. The normalized spacial score (nSPS) is 10.8. The van der Waals surface area contributed by atoms with Gasteiger partial charge in [-0.15, -0.1) is 0 Å². The number of amides is 1. The zero-order valence-corrected chi connectivity index (χ0v) is 14.9. The van der Waals surface area contributed by atoms with E-state index in [4.69, 9.17) is 9.47 Å². The molecule has 0 bridgehead atoms. The van der Waals surface area contributed by atoms with Gasteiger partial charge in [0.15, 0.2) is 11.5 Å². The van der Waals surface area contributed by atoms with Crippen LogP contribution in [-0.2, 0) is 11.2 Å². The molecule has 0 spiro atoms. The van der Waals surface area contributed by atoms with Crippen LogP contribution >= 0.6 is 0 Å². The van der Waals surface area contributed by atoms with Gasteiger partial charge in [0.1, 0.15) is 5.69 Å². The van der Waals surface area contributed by atoms with Gasteiger partial charge in [0.05, 0.1) is 25.6 Å². The van der Waals surface area contributed by atoms with Crippen molar-refractivity contribution >= 4 is 11.6 Å². The molecule has 24 heavy (non-hydrogen) atoms. The maximum absolute atomic E-state index is 11.9. The van der Waals surface area contributed by atoms with Gasteiger partial charge in [0, 0.05) is 12.0 Å². The summed E-state index contributed by atoms with van der Waals surface area (Å²) >= 11 is 0. The van der Waals surface area contributed by atoms with Crippen LogP contribution in [0.15, 0.2) is 18.2 Å². The molecule has 1 aromatic carbocycles. The minimum atomic E-state index is -0.0388. The Hall–Kier alpha value is -2.50. The lowest BCUT2D eigenvalue weighted by Gasteiger charge is -2.11. The molecule has 0 aliphatic rings. The van der Waals surface area contributed by atoms with E-state index in [1.54, 1.807) is 14.2 Å². The number of hydrogen-bond acceptors (Lipinski definition) is 4. The summed E-state index contributed by atoms with van der Waals surface area (Å²) in [5.74, 6) is 1.68. The van der Waals surface area contributed by atoms with Gasteiger partial charge in [-0.3, -0.25) is 9.89 Å². The first kappa shape index (κ1) is 17.8. The second-order valence-corrected chi connectivity index (χ2v) is 6.00. The number of H-pyrrole nitrogens is 1. The largest absolute Gasteiger partial charge is 0.493 e. The highest BCUT2D eigenvalue weighted by atomic mass is 16.5. The molecule has 1 heterocycles. The van der Waals surface area contributed by atoms with Crippen LogP contribution in [0, 0.1) is 5.92 Å². The highest BCUT2D eigenvalue weighted by Gasteiger charge is 2.19. The van der Waals surface area contributed by atoms with Crippen molar-refractivity contribution in [2.75, 3.05) is 19.5 Å². The van der Waals surface area contributed by atoms with Crippen molar-refractivity contribution in [3.8, 4) is 22.8 Å². The van der Waals surface area contributed by atoms with Crippen molar-refractivity contribution in [3.63, 3.8) is 0 Å². The Morgan fingerprint density at radius 1 is 1.25 bits per heavy atom. The number of anilines is 1. The fraction of sp³-hybridized carbons (Fsp3) is 0.444. The summed E-state index contributed by atoms with van der Waals surface area (Å²) < 4.78 is 10.6. The summed E-state index contributed by atoms with van der Waals surface area (Å²) in [6, 6.07) is 5.59. The van der Waals surface area contributed by atoms with E-state index in [1.165, 1.54) is 0 Å². The molecule has 0 radical (unpaired) electrons. The summed E-state index contributed by atoms with van der Waals surface area (Å²) in [5, 5.41) is 10.5. The smallest absolute Gasteiger partial charge is 0.224 e. The number of hydrogen-bond donors (Lipinski definition) is 2. The molecule has 2 aromatic rings. The fourth-order valence-electron chi connectivity index (χ4n) is 2.49. The van der Waals surface area contributed by atoms with Gasteiger partial charge in [0.25, 0.3) is 0 Å². The van der Waals surface area contributed by atoms with Crippen LogP contribution in [0.1, 0.15) is 32.9 Å². The van der Waals surface area contributed by atoms with E-state index < -0.39 is 0 Å². The third kappa shape index (κ3) is 3.88. The molecular formula is C18H25N3O3. The maximum atomic E-state index is 11.9. The lowest BCUT2D eigenvalue weighted by molar-refractivity contribution is -0.115. The Bertz CT molecular complexity index is 708. The summed E-state index contributed by atoms with van der Waals surface area (Å²) in [7, 11) is 3.19. The number of benzene rings is 1. The number of carbonyl (C=O) groups is 1. The highest BCUT2D eigenvalue weighted by Crippen LogP contribution is 2.36. The fourth-order valence-corrected chi connectivity index (χ4v) is 2.49. The Kier molecular flexibility index (Phi) is 5.84. The Morgan fingerprint density at radius 2 is 1.96 bits per heavy atom. The molecule has 1 aromatic heterocycles. The molecule has 6 nitrogen and oxygen atoms in total. The molecule has 130 valence electrons. The molecule has 0 saturated carbocycles. The van der Waals surface area contributed by atoms with E-state index in [0.717, 1.165) is 23.4 Å². The predicted octanol–water partition coefficient (Wildman–Crippen LogP) is 3.64. The first-order chi connectivity index (χ1) is 11.5. The second kappa shape index (κ2) is 7.86. The molecule has 1 amide bonds. The second-order valence-electron chi connectivity index (χ2n) is 6.00. The molecule has 0 aliphatic heterocycles. The first-order valence-electron chi connectivity index (χ1n) is 8.09. The number of nitrogens with zero attached hydrogens (tertiary/aromatic N) is 1. The molecule has 0 unspecified atom stereocenters. The van der Waals surface area contributed by atoms with Crippen molar-refractivity contribution in [1.29, 1.82) is 0 Å². The number of rotatable bonds is 7. The minimum absolute atomic E-state index is 0.0388. The first-order valence-corrected chi connectivity index (χ1v) is 8.09. The standard InChI is InChI=1S/C18H25N3O3/c1-6-16(22)19-18-13(9-11(2)3)20-21-17(18)12-7-8-14(23-4)15(10-12)24-5/h7-8,10-11H,6,9H2,1-5H3,(H,19,22)(H,20,21). The van der Waals surface area contributed by atoms with E-state index >= 15 is 0 Å². The average Bonchev–Trinajstić information content (AvgIpc) is 2.95. The highest BCUT2D eigenvalue weighted by molar-refractivity contribution is 5.95. The maximum Gasteiger partial charge on any atom is 0.224 e. The van der Waals surface area contributed by atoms with Crippen molar-refractivity contribution < 1.29 is 14.3 Å². The van der Waals surface area contributed by atoms with Crippen molar-refractivity contribution in [1.82, 2.24) is 10.2 Å². The van der Waals surface area contributed by atoms with E-state index in [0.29, 0.717) is 29.5 Å². The topological polar surface area (TPSA) is 76.2 Å². The zero-order chi connectivity index (χ0) is 17.7. The van der Waals surface area contributed by atoms with Crippen molar-refractivity contribution in [3.05, 3.63) is 23.9 Å². The third-order valence-corrected chi connectivity index (χ3v) is 3.70. The number of aromatic nitrogens is 2. The molecule has 6 heteroatoms. The molecular weight excluding hydrogens is 306 g/mol. The van der Waals surface area contributed by atoms with Crippen LogP contribution in [0.5, 0.6) is 11.5 Å². The average molecular weight is 331 g/mol. The molecule has 2 rings (SSSR count). The van der Waals surface area contributed by atoms with Gasteiger partial charge in [-0.05, 0) is 30.5 Å². The van der Waals surface area contributed by atoms with Gasteiger partial charge in [-0.1, -0.05) is 20.8 Å². The molecule has 2 N–H and O–H groups in total. The lowest BCUT2D eigenvalue weighted by atomic mass is 10.0. The van der Waals surface area contributed by atoms with Crippen LogP contribution in [0.2, 0.25) is 0 Å². The van der Waals surface area contributed by atoms with Crippen molar-refractivity contribution in [2.45, 2.75) is 33.6 Å². The van der Waals surface area contributed by atoms with E-state index in [9.17, 15) is 4.79 Å². The number of nitrogens with one attached hydrogen (secondary N) is 2. The Balaban J connectivity index is 2.49. The number of carbonyl (C=O) groups excluding carboxylic acids is 1. The van der Waals surface area contributed by atoms with Gasteiger partial charge < -0.3 is 14.8 Å². The van der Waals surface area contributed by atoms with Gasteiger partial charge in [0.2, 0.25) is 5.91 Å². The molecule has 0 fully saturated rings. The van der Waals surface area contributed by atoms with Gasteiger partial charge in [-0.25, -0.2) is 0 Å². The minimum Gasteiger partial charge on any atom is -0.493 e. The van der Waals surface area contributed by atoms with Crippen LogP contribution < -0.4 is 14.8 Å². The Labute approximate surface area is 142 Å². The Morgan fingerprint density at radius 3 is 2.54 bits per heavy atom. The number of ether oxygens (including phenoxy) is 2. The third-order valence-electron chi connectivity index (χ3n) is 3.70. The molecule has 0 atom stereocenters. The summed E-state index contributed by atoms with van der Waals surface area (Å²) in [6.07, 6.45) is 1.22. The SMILES string of the molecule is CCC(=O)Nc1c(-c2ccc(OC)c(OC)c2)n[nH]c1CC(C)C. The van der Waals surface area contributed by atoms with Crippen LogP contribution in [0.4, 0.5) is 5.69 Å². The van der Waals surface area contributed by atoms with E-state index in [1.807, 2.05) is 25.1 Å². The van der Waals surface area contributed by atoms with Gasteiger partial charge in [-0.2, -0.15) is 5.10 Å². The lowest BCUT2D eigenvalue weighted by Crippen LogP contribution is -2.12. The summed E-state index contributed by atoms with van der Waals surface area (Å²) in [4.78, 5) is 11.9.